The molecular formula is C16H22ClN3. The van der Waals surface area contributed by atoms with Crippen LogP contribution >= 0.6 is 11.6 Å². The highest BCUT2D eigenvalue weighted by molar-refractivity contribution is 6.33. The molecule has 0 spiro atoms. The molecule has 1 heterocycles. The van der Waals surface area contributed by atoms with Crippen molar-refractivity contribution >= 4 is 23.1 Å². The van der Waals surface area contributed by atoms with Crippen LogP contribution in [-0.4, -0.2) is 18.4 Å². The molecule has 1 aromatic carbocycles. The van der Waals surface area contributed by atoms with Crippen molar-refractivity contribution in [1.29, 1.82) is 5.41 Å². The standard InChI is InChI=1S/C16H22ClN3/c17-13-10-12(16(18)19)7-8-15(13)20-9-3-6-14(20)11-4-1-2-5-11/h7-8,10-11,14H,1-6,9H2,(H3,18,19). The van der Waals surface area contributed by atoms with Gasteiger partial charge in [-0.15, -0.1) is 0 Å². The average molecular weight is 292 g/mol. The summed E-state index contributed by atoms with van der Waals surface area (Å²) >= 11 is 6.43. The van der Waals surface area contributed by atoms with Gasteiger partial charge in [-0.25, -0.2) is 0 Å². The molecule has 1 aliphatic heterocycles. The Morgan fingerprint density at radius 1 is 1.20 bits per heavy atom. The van der Waals surface area contributed by atoms with Gasteiger partial charge in [0.15, 0.2) is 0 Å². The smallest absolute Gasteiger partial charge is 0.122 e. The van der Waals surface area contributed by atoms with Crippen molar-refractivity contribution in [2.75, 3.05) is 11.4 Å². The second-order valence-electron chi connectivity index (χ2n) is 6.03. The minimum atomic E-state index is 0.0761. The van der Waals surface area contributed by atoms with Crippen LogP contribution in [0.15, 0.2) is 18.2 Å². The second-order valence-corrected chi connectivity index (χ2v) is 6.43. The molecule has 3 rings (SSSR count). The molecule has 1 saturated heterocycles. The summed E-state index contributed by atoms with van der Waals surface area (Å²) in [7, 11) is 0. The van der Waals surface area contributed by atoms with Gasteiger partial charge in [-0.2, -0.15) is 0 Å². The molecular weight excluding hydrogens is 270 g/mol. The number of rotatable bonds is 3. The van der Waals surface area contributed by atoms with E-state index in [0.717, 1.165) is 23.2 Å². The minimum absolute atomic E-state index is 0.0761. The van der Waals surface area contributed by atoms with Gasteiger partial charge in [-0.1, -0.05) is 24.4 Å². The van der Waals surface area contributed by atoms with Gasteiger partial charge in [0, 0.05) is 18.2 Å². The first-order valence-electron chi connectivity index (χ1n) is 7.57. The first-order valence-corrected chi connectivity index (χ1v) is 7.95. The summed E-state index contributed by atoms with van der Waals surface area (Å²) in [6.45, 7) is 1.10. The summed E-state index contributed by atoms with van der Waals surface area (Å²) in [5.41, 5.74) is 7.34. The molecule has 0 aromatic heterocycles. The first-order chi connectivity index (χ1) is 9.66. The summed E-state index contributed by atoms with van der Waals surface area (Å²) in [6, 6.07) is 6.42. The molecule has 3 N–H and O–H groups in total. The van der Waals surface area contributed by atoms with Crippen LogP contribution in [0.4, 0.5) is 5.69 Å². The summed E-state index contributed by atoms with van der Waals surface area (Å²) < 4.78 is 0. The van der Waals surface area contributed by atoms with E-state index in [1.165, 1.54) is 38.5 Å². The molecule has 2 aliphatic rings. The van der Waals surface area contributed by atoms with Crippen LogP contribution in [0.2, 0.25) is 5.02 Å². The van der Waals surface area contributed by atoms with Crippen molar-refractivity contribution in [2.24, 2.45) is 11.7 Å². The number of amidine groups is 1. The average Bonchev–Trinajstić information content (AvgIpc) is 3.09. The fourth-order valence-corrected chi connectivity index (χ4v) is 4.12. The van der Waals surface area contributed by atoms with E-state index in [1.807, 2.05) is 18.2 Å². The fraction of sp³-hybridized carbons (Fsp3) is 0.562. The highest BCUT2D eigenvalue weighted by atomic mass is 35.5. The van der Waals surface area contributed by atoms with E-state index in [0.29, 0.717) is 11.6 Å². The quantitative estimate of drug-likeness (QED) is 0.658. The van der Waals surface area contributed by atoms with Gasteiger partial charge in [0.25, 0.3) is 0 Å². The topological polar surface area (TPSA) is 53.1 Å². The Morgan fingerprint density at radius 3 is 2.60 bits per heavy atom. The lowest BCUT2D eigenvalue weighted by Crippen LogP contribution is -2.34. The van der Waals surface area contributed by atoms with Gasteiger partial charge in [0.1, 0.15) is 5.84 Å². The number of benzene rings is 1. The molecule has 0 amide bonds. The van der Waals surface area contributed by atoms with Crippen LogP contribution in [0.5, 0.6) is 0 Å². The molecule has 1 unspecified atom stereocenters. The number of halogens is 1. The highest BCUT2D eigenvalue weighted by Gasteiger charge is 2.34. The molecule has 3 nitrogen and oxygen atoms in total. The molecule has 2 fully saturated rings. The van der Waals surface area contributed by atoms with Crippen LogP contribution in [0.1, 0.15) is 44.1 Å². The number of nitrogens with one attached hydrogen (secondary N) is 1. The normalized spacial score (nSPS) is 23.4. The van der Waals surface area contributed by atoms with E-state index in [-0.39, 0.29) is 5.84 Å². The zero-order valence-corrected chi connectivity index (χ0v) is 12.5. The monoisotopic (exact) mass is 291 g/mol. The third-order valence-electron chi connectivity index (χ3n) is 4.81. The zero-order valence-electron chi connectivity index (χ0n) is 11.7. The molecule has 4 heteroatoms. The second kappa shape index (κ2) is 5.65. The van der Waals surface area contributed by atoms with E-state index >= 15 is 0 Å². The molecule has 20 heavy (non-hydrogen) atoms. The van der Waals surface area contributed by atoms with Gasteiger partial charge in [0.05, 0.1) is 10.7 Å². The summed E-state index contributed by atoms with van der Waals surface area (Å²) in [5, 5.41) is 8.22. The molecule has 0 radical (unpaired) electrons. The molecule has 1 atom stereocenters. The Hall–Kier alpha value is -1.22. The fourth-order valence-electron chi connectivity index (χ4n) is 3.83. The van der Waals surface area contributed by atoms with E-state index < -0.39 is 0 Å². The lowest BCUT2D eigenvalue weighted by molar-refractivity contribution is 0.431. The largest absolute Gasteiger partial charge is 0.384 e. The lowest BCUT2D eigenvalue weighted by Gasteiger charge is -2.32. The molecule has 1 aliphatic carbocycles. The Balaban J connectivity index is 1.85. The van der Waals surface area contributed by atoms with Gasteiger partial charge < -0.3 is 10.6 Å². The molecule has 1 aromatic rings. The van der Waals surface area contributed by atoms with Gasteiger partial charge >= 0.3 is 0 Å². The number of hydrogen-bond donors (Lipinski definition) is 2. The van der Waals surface area contributed by atoms with Crippen molar-refractivity contribution in [1.82, 2.24) is 0 Å². The number of hydrogen-bond acceptors (Lipinski definition) is 2. The maximum atomic E-state index is 7.49. The Bertz CT molecular complexity index is 508. The maximum absolute atomic E-state index is 7.49. The Morgan fingerprint density at radius 2 is 1.95 bits per heavy atom. The first kappa shape index (κ1) is 13.7. The SMILES string of the molecule is N=C(N)c1ccc(N2CCCC2C2CCCC2)c(Cl)c1. The van der Waals surface area contributed by atoms with Crippen LogP contribution in [-0.2, 0) is 0 Å². The predicted molar refractivity (Wildman–Crippen MR) is 84.8 cm³/mol. The molecule has 108 valence electrons. The third kappa shape index (κ3) is 2.51. The summed E-state index contributed by atoms with van der Waals surface area (Å²) in [5.74, 6) is 0.910. The number of nitrogens with two attached hydrogens (primary N) is 1. The van der Waals surface area contributed by atoms with Crippen LogP contribution < -0.4 is 10.6 Å². The van der Waals surface area contributed by atoms with Crippen LogP contribution in [0.3, 0.4) is 0 Å². The van der Waals surface area contributed by atoms with Crippen molar-refractivity contribution in [2.45, 2.75) is 44.6 Å². The van der Waals surface area contributed by atoms with Crippen molar-refractivity contribution < 1.29 is 0 Å². The minimum Gasteiger partial charge on any atom is -0.384 e. The Labute approximate surface area is 125 Å². The van der Waals surface area contributed by atoms with Crippen LogP contribution in [0.25, 0.3) is 0 Å². The van der Waals surface area contributed by atoms with Gasteiger partial charge in [-0.05, 0) is 49.8 Å². The highest BCUT2D eigenvalue weighted by Crippen LogP contribution is 2.40. The zero-order chi connectivity index (χ0) is 14.1. The van der Waals surface area contributed by atoms with E-state index in [2.05, 4.69) is 4.90 Å². The predicted octanol–water partition coefficient (Wildman–Crippen LogP) is 3.78. The van der Waals surface area contributed by atoms with Gasteiger partial charge in [0.2, 0.25) is 0 Å². The third-order valence-corrected chi connectivity index (χ3v) is 5.11. The lowest BCUT2D eigenvalue weighted by atomic mass is 9.95. The molecule has 0 bridgehead atoms. The maximum Gasteiger partial charge on any atom is 0.122 e. The van der Waals surface area contributed by atoms with Crippen molar-refractivity contribution in [3.05, 3.63) is 28.8 Å². The van der Waals surface area contributed by atoms with Gasteiger partial charge in [-0.3, -0.25) is 5.41 Å². The molecule has 1 saturated carbocycles. The number of nitrogens with zero attached hydrogens (tertiary/aromatic N) is 1. The van der Waals surface area contributed by atoms with E-state index in [4.69, 9.17) is 22.7 Å². The van der Waals surface area contributed by atoms with Crippen molar-refractivity contribution in [3.63, 3.8) is 0 Å². The van der Waals surface area contributed by atoms with Crippen molar-refractivity contribution in [3.8, 4) is 0 Å². The summed E-state index contributed by atoms with van der Waals surface area (Å²) in [4.78, 5) is 2.49. The van der Waals surface area contributed by atoms with E-state index in [9.17, 15) is 0 Å². The Kier molecular flexibility index (Phi) is 3.88. The number of anilines is 1. The number of nitrogen functional groups attached to an aromatic ring is 1. The summed E-state index contributed by atoms with van der Waals surface area (Å²) in [6.07, 6.45) is 8.04. The van der Waals surface area contributed by atoms with Crippen LogP contribution in [0, 0.1) is 11.3 Å². The van der Waals surface area contributed by atoms with E-state index in [1.54, 1.807) is 0 Å².